The Morgan fingerprint density at radius 1 is 1.08 bits per heavy atom. The highest BCUT2D eigenvalue weighted by molar-refractivity contribution is 5.84. The van der Waals surface area contributed by atoms with Gasteiger partial charge in [-0.1, -0.05) is 6.07 Å². The van der Waals surface area contributed by atoms with Crippen LogP contribution in [0.2, 0.25) is 0 Å². The number of hydrogen-bond donors (Lipinski definition) is 1. The quantitative estimate of drug-likeness (QED) is 0.455. The molecule has 186 valence electrons. The predicted octanol–water partition coefficient (Wildman–Crippen LogP) is 1.58. The Kier molecular flexibility index (Phi) is 6.27. The summed E-state index contributed by atoms with van der Waals surface area (Å²) in [5.41, 5.74) is 4.54. The molecule has 5 rings (SSSR count). The Balaban J connectivity index is 1.41. The molecule has 1 saturated heterocycles. The molecule has 1 aliphatic heterocycles. The van der Waals surface area contributed by atoms with Crippen molar-refractivity contribution in [3.05, 3.63) is 70.5 Å². The Labute approximate surface area is 208 Å². The molecular formula is C26H29N7O3. The van der Waals surface area contributed by atoms with Gasteiger partial charge in [0.1, 0.15) is 6.61 Å². The van der Waals surface area contributed by atoms with Crippen molar-refractivity contribution < 1.29 is 9.90 Å². The topological polar surface area (TPSA) is 109 Å². The standard InChI is InChI=1S/C26H29N7O3/c1-17-6-7-27-21(10-17)15-33-23-11-19(4-5-22(23)25(36)30(33)3)20-12-28-26(29-13-20)31-8-9-32(18(2)14-31)24(35)16-34/h4-7,10-13,18,34H,8-9,14-16H2,1-3H3/t18-/m1/s1. The van der Waals surface area contributed by atoms with Gasteiger partial charge in [-0.25, -0.2) is 9.97 Å². The van der Waals surface area contributed by atoms with Gasteiger partial charge in [0.2, 0.25) is 11.9 Å². The number of benzene rings is 1. The summed E-state index contributed by atoms with van der Waals surface area (Å²) in [6.07, 6.45) is 5.35. The molecule has 0 bridgehead atoms. The number of amides is 1. The Morgan fingerprint density at radius 2 is 1.86 bits per heavy atom. The molecule has 0 aliphatic carbocycles. The zero-order valence-corrected chi connectivity index (χ0v) is 20.6. The average molecular weight is 488 g/mol. The van der Waals surface area contributed by atoms with Crippen molar-refractivity contribution >= 4 is 22.8 Å². The second kappa shape index (κ2) is 9.54. The molecule has 1 amide bonds. The van der Waals surface area contributed by atoms with E-state index in [1.807, 2.05) is 53.8 Å². The molecule has 0 unspecified atom stereocenters. The highest BCUT2D eigenvalue weighted by Crippen LogP contribution is 2.24. The molecule has 0 spiro atoms. The lowest BCUT2D eigenvalue weighted by Gasteiger charge is -2.39. The first-order valence-corrected chi connectivity index (χ1v) is 11.9. The second-order valence-electron chi connectivity index (χ2n) is 9.25. The third-order valence-corrected chi connectivity index (χ3v) is 6.78. The van der Waals surface area contributed by atoms with E-state index in [0.29, 0.717) is 37.5 Å². The van der Waals surface area contributed by atoms with Gasteiger partial charge in [0.15, 0.2) is 0 Å². The third kappa shape index (κ3) is 4.35. The smallest absolute Gasteiger partial charge is 0.274 e. The van der Waals surface area contributed by atoms with Crippen molar-refractivity contribution in [1.82, 2.24) is 29.2 Å². The van der Waals surface area contributed by atoms with Crippen LogP contribution in [0, 0.1) is 6.92 Å². The average Bonchev–Trinajstić information content (AvgIpc) is 3.12. The van der Waals surface area contributed by atoms with Gasteiger partial charge in [0.05, 0.1) is 23.1 Å². The number of carbonyl (C=O) groups is 1. The van der Waals surface area contributed by atoms with Crippen LogP contribution in [0.3, 0.4) is 0 Å². The van der Waals surface area contributed by atoms with E-state index < -0.39 is 6.61 Å². The highest BCUT2D eigenvalue weighted by atomic mass is 16.3. The van der Waals surface area contributed by atoms with Gasteiger partial charge in [0.25, 0.3) is 5.56 Å². The Bertz CT molecular complexity index is 1480. The minimum absolute atomic E-state index is 0.0400. The van der Waals surface area contributed by atoms with E-state index in [4.69, 9.17) is 5.11 Å². The summed E-state index contributed by atoms with van der Waals surface area (Å²) < 4.78 is 3.56. The van der Waals surface area contributed by atoms with Crippen LogP contribution in [0.25, 0.3) is 22.0 Å². The van der Waals surface area contributed by atoms with Crippen LogP contribution < -0.4 is 10.5 Å². The van der Waals surface area contributed by atoms with Gasteiger partial charge >= 0.3 is 0 Å². The number of carbonyl (C=O) groups excluding carboxylic acids is 1. The normalized spacial score (nSPS) is 16.1. The monoisotopic (exact) mass is 487 g/mol. The molecule has 1 atom stereocenters. The number of aliphatic hydroxyl groups excluding tert-OH is 1. The van der Waals surface area contributed by atoms with Crippen molar-refractivity contribution in [2.24, 2.45) is 7.05 Å². The van der Waals surface area contributed by atoms with Crippen molar-refractivity contribution in [1.29, 1.82) is 0 Å². The lowest BCUT2D eigenvalue weighted by molar-refractivity contribution is -0.136. The second-order valence-corrected chi connectivity index (χ2v) is 9.25. The molecule has 10 heteroatoms. The van der Waals surface area contributed by atoms with Gasteiger partial charge < -0.3 is 14.9 Å². The third-order valence-electron chi connectivity index (χ3n) is 6.78. The lowest BCUT2D eigenvalue weighted by Crippen LogP contribution is -2.55. The van der Waals surface area contributed by atoms with Crippen molar-refractivity contribution in [2.75, 3.05) is 31.1 Å². The summed E-state index contributed by atoms with van der Waals surface area (Å²) in [7, 11) is 1.77. The molecule has 3 aromatic heterocycles. The van der Waals surface area contributed by atoms with Crippen molar-refractivity contribution in [3.8, 4) is 11.1 Å². The molecule has 36 heavy (non-hydrogen) atoms. The number of aromatic nitrogens is 5. The van der Waals surface area contributed by atoms with Crippen LogP contribution in [0.5, 0.6) is 0 Å². The highest BCUT2D eigenvalue weighted by Gasteiger charge is 2.28. The first-order chi connectivity index (χ1) is 17.4. The lowest BCUT2D eigenvalue weighted by atomic mass is 10.1. The van der Waals surface area contributed by atoms with Crippen molar-refractivity contribution in [3.63, 3.8) is 0 Å². The predicted molar refractivity (Wildman–Crippen MR) is 137 cm³/mol. The number of pyridine rings is 1. The summed E-state index contributed by atoms with van der Waals surface area (Å²) >= 11 is 0. The van der Waals surface area contributed by atoms with Crippen LogP contribution in [-0.4, -0.2) is 72.5 Å². The van der Waals surface area contributed by atoms with Crippen LogP contribution in [0.15, 0.2) is 53.7 Å². The number of nitrogens with zero attached hydrogens (tertiary/aromatic N) is 7. The first kappa shape index (κ1) is 23.7. The zero-order chi connectivity index (χ0) is 25.4. The number of hydrogen-bond acceptors (Lipinski definition) is 7. The summed E-state index contributed by atoms with van der Waals surface area (Å²) in [6, 6.07) is 9.69. The molecule has 10 nitrogen and oxygen atoms in total. The van der Waals surface area contributed by atoms with E-state index in [2.05, 4.69) is 15.0 Å². The fourth-order valence-electron chi connectivity index (χ4n) is 4.82. The number of fused-ring (bicyclic) bond motifs is 1. The molecule has 4 heterocycles. The fourth-order valence-corrected chi connectivity index (χ4v) is 4.82. The zero-order valence-electron chi connectivity index (χ0n) is 20.6. The molecule has 1 N–H and O–H groups in total. The molecule has 1 aliphatic rings. The first-order valence-electron chi connectivity index (χ1n) is 11.9. The minimum atomic E-state index is -0.476. The van der Waals surface area contributed by atoms with Crippen LogP contribution >= 0.6 is 0 Å². The largest absolute Gasteiger partial charge is 0.387 e. The van der Waals surface area contributed by atoms with E-state index in [-0.39, 0.29) is 17.5 Å². The van der Waals surface area contributed by atoms with E-state index in [1.54, 1.807) is 35.2 Å². The van der Waals surface area contributed by atoms with Gasteiger partial charge in [-0.3, -0.25) is 23.9 Å². The minimum Gasteiger partial charge on any atom is -0.387 e. The fraction of sp³-hybridized carbons (Fsp3) is 0.346. The summed E-state index contributed by atoms with van der Waals surface area (Å²) in [5, 5.41) is 9.81. The summed E-state index contributed by atoms with van der Waals surface area (Å²) in [5.74, 6) is 0.344. The van der Waals surface area contributed by atoms with Crippen molar-refractivity contribution in [2.45, 2.75) is 26.4 Å². The number of aliphatic hydroxyl groups is 1. The number of anilines is 1. The maximum absolute atomic E-state index is 12.8. The molecule has 1 fully saturated rings. The Morgan fingerprint density at radius 3 is 2.56 bits per heavy atom. The number of aryl methyl sites for hydroxylation is 1. The van der Waals surface area contributed by atoms with Gasteiger partial charge in [0, 0.05) is 56.9 Å². The molecule has 0 radical (unpaired) electrons. The maximum Gasteiger partial charge on any atom is 0.274 e. The molecule has 0 saturated carbocycles. The molecule has 1 aromatic carbocycles. The van der Waals surface area contributed by atoms with Gasteiger partial charge in [-0.05, 0) is 49.2 Å². The number of rotatable bonds is 5. The molecular weight excluding hydrogens is 458 g/mol. The Hall–Kier alpha value is -4.05. The van der Waals surface area contributed by atoms with E-state index in [1.165, 1.54) is 0 Å². The van der Waals surface area contributed by atoms with Crippen LogP contribution in [0.4, 0.5) is 5.95 Å². The molecule has 4 aromatic rings. The number of piperazine rings is 1. The van der Waals surface area contributed by atoms with E-state index in [9.17, 15) is 9.59 Å². The maximum atomic E-state index is 12.8. The van der Waals surface area contributed by atoms with Gasteiger partial charge in [-0.15, -0.1) is 0 Å². The summed E-state index contributed by atoms with van der Waals surface area (Å²) in [6.45, 7) is 5.70. The summed E-state index contributed by atoms with van der Waals surface area (Å²) in [4.78, 5) is 42.1. The van der Waals surface area contributed by atoms with Crippen LogP contribution in [-0.2, 0) is 18.4 Å². The van der Waals surface area contributed by atoms with Gasteiger partial charge in [-0.2, -0.15) is 0 Å². The SMILES string of the molecule is Cc1ccnc(Cn2c3cc(-c4cnc(N5CCN(C(=O)CO)[C@H](C)C5)nc4)ccc3c(=O)n2C)c1. The van der Waals surface area contributed by atoms with E-state index >= 15 is 0 Å². The van der Waals surface area contributed by atoms with Crippen LogP contribution in [0.1, 0.15) is 18.2 Å². The van der Waals surface area contributed by atoms with E-state index in [0.717, 1.165) is 27.9 Å².